The van der Waals surface area contributed by atoms with Crippen molar-refractivity contribution in [1.29, 1.82) is 0 Å². The fourth-order valence-electron chi connectivity index (χ4n) is 1.10. The molecule has 5 nitrogen and oxygen atoms in total. The van der Waals surface area contributed by atoms with Gasteiger partial charge in [0.25, 0.3) is 0 Å². The number of urea groups is 1. The third-order valence-electron chi connectivity index (χ3n) is 1.95. The number of aliphatic imine (C=N–C) groups is 1. The van der Waals surface area contributed by atoms with Crippen molar-refractivity contribution in [2.24, 2.45) is 16.1 Å². The zero-order valence-corrected chi connectivity index (χ0v) is 9.99. The van der Waals surface area contributed by atoms with Crippen LogP contribution in [-0.4, -0.2) is 36.6 Å². The second kappa shape index (κ2) is 5.25. The molecule has 0 saturated carbocycles. The van der Waals surface area contributed by atoms with Crippen LogP contribution in [0, 0.1) is 5.41 Å². The van der Waals surface area contributed by atoms with Crippen LogP contribution in [0.25, 0.3) is 0 Å². The van der Waals surface area contributed by atoms with E-state index in [1.807, 2.05) is 0 Å². The van der Waals surface area contributed by atoms with Crippen LogP contribution < -0.4 is 16.4 Å². The molecule has 6 heteroatoms. The highest BCUT2D eigenvalue weighted by Gasteiger charge is 2.22. The molecule has 1 rings (SSSR count). The Balaban J connectivity index is 2.18. The van der Waals surface area contributed by atoms with E-state index < -0.39 is 6.03 Å². The number of hydrogen-bond acceptors (Lipinski definition) is 4. The SMILES string of the molecule is CC1(C)CN=C(NCCNC(N)=O)SC1. The number of nitrogens with one attached hydrogen (secondary N) is 2. The molecule has 0 bridgehead atoms. The van der Waals surface area contributed by atoms with Crippen LogP contribution >= 0.6 is 11.8 Å². The second-order valence-corrected chi connectivity index (χ2v) is 5.26. The smallest absolute Gasteiger partial charge is 0.312 e. The molecule has 1 heterocycles. The summed E-state index contributed by atoms with van der Waals surface area (Å²) in [6.07, 6.45) is 0. The molecule has 2 amide bonds. The second-order valence-electron chi connectivity index (χ2n) is 4.29. The first kappa shape index (κ1) is 12.2. The van der Waals surface area contributed by atoms with Crippen LogP contribution in [0.2, 0.25) is 0 Å². The fraction of sp³-hybridized carbons (Fsp3) is 0.778. The molecule has 0 aliphatic carbocycles. The molecule has 0 aromatic heterocycles. The molecule has 0 saturated heterocycles. The normalized spacial score (nSPS) is 19.2. The fourth-order valence-corrected chi connectivity index (χ4v) is 2.08. The maximum absolute atomic E-state index is 10.4. The quantitative estimate of drug-likeness (QED) is 0.613. The number of thioether (sulfide) groups is 1. The molecular formula is C9H18N4OS. The zero-order valence-electron chi connectivity index (χ0n) is 9.17. The first-order chi connectivity index (χ1) is 6.99. The van der Waals surface area contributed by atoms with E-state index in [1.165, 1.54) is 0 Å². The summed E-state index contributed by atoms with van der Waals surface area (Å²) in [6, 6.07) is -0.490. The predicted molar refractivity (Wildman–Crippen MR) is 64.1 cm³/mol. The van der Waals surface area contributed by atoms with Crippen LogP contribution in [0.3, 0.4) is 0 Å². The first-order valence-corrected chi connectivity index (χ1v) is 5.93. The number of carbonyl (C=O) groups excluding carboxylic acids is 1. The monoisotopic (exact) mass is 230 g/mol. The summed E-state index contributed by atoms with van der Waals surface area (Å²) in [5.74, 6) is 1.07. The maximum Gasteiger partial charge on any atom is 0.312 e. The molecule has 86 valence electrons. The average molecular weight is 230 g/mol. The molecule has 1 aliphatic rings. The molecular weight excluding hydrogens is 212 g/mol. The summed E-state index contributed by atoms with van der Waals surface area (Å²) in [5.41, 5.74) is 5.23. The lowest BCUT2D eigenvalue weighted by Crippen LogP contribution is -2.38. The average Bonchev–Trinajstić information content (AvgIpc) is 2.14. The molecule has 15 heavy (non-hydrogen) atoms. The molecule has 0 aromatic carbocycles. The molecule has 1 aliphatic heterocycles. The number of nitrogens with two attached hydrogens (primary N) is 1. The van der Waals surface area contributed by atoms with Gasteiger partial charge in [0.15, 0.2) is 5.17 Å². The van der Waals surface area contributed by atoms with Gasteiger partial charge in [-0.2, -0.15) is 0 Å². The Morgan fingerprint density at radius 3 is 2.87 bits per heavy atom. The van der Waals surface area contributed by atoms with Gasteiger partial charge < -0.3 is 16.4 Å². The minimum atomic E-state index is -0.490. The third kappa shape index (κ3) is 4.92. The molecule has 4 N–H and O–H groups in total. The number of primary amides is 1. The van der Waals surface area contributed by atoms with Crippen molar-refractivity contribution in [3.05, 3.63) is 0 Å². The number of amides is 2. The largest absolute Gasteiger partial charge is 0.363 e. The molecule has 0 spiro atoms. The Hall–Kier alpha value is -0.910. The minimum absolute atomic E-state index is 0.293. The first-order valence-electron chi connectivity index (χ1n) is 4.94. The van der Waals surface area contributed by atoms with Gasteiger partial charge in [-0.3, -0.25) is 4.99 Å². The van der Waals surface area contributed by atoms with Gasteiger partial charge in [0.1, 0.15) is 0 Å². The van der Waals surface area contributed by atoms with Crippen molar-refractivity contribution in [3.8, 4) is 0 Å². The highest BCUT2D eigenvalue weighted by atomic mass is 32.2. The van der Waals surface area contributed by atoms with Gasteiger partial charge in [-0.05, 0) is 5.41 Å². The number of carbonyl (C=O) groups is 1. The standard InChI is InChI=1S/C9H18N4OS/c1-9(2)5-13-8(15-6-9)12-4-3-11-7(10)14/h3-6H2,1-2H3,(H,12,13)(H3,10,11,14). The van der Waals surface area contributed by atoms with Crippen molar-refractivity contribution >= 4 is 23.0 Å². The minimum Gasteiger partial charge on any atom is -0.363 e. The third-order valence-corrected chi connectivity index (χ3v) is 3.42. The topological polar surface area (TPSA) is 79.5 Å². The van der Waals surface area contributed by atoms with Crippen molar-refractivity contribution in [1.82, 2.24) is 10.6 Å². The van der Waals surface area contributed by atoms with Crippen molar-refractivity contribution in [2.75, 3.05) is 25.4 Å². The Morgan fingerprint density at radius 2 is 2.33 bits per heavy atom. The lowest BCUT2D eigenvalue weighted by Gasteiger charge is -2.27. The van der Waals surface area contributed by atoms with Crippen LogP contribution in [0.1, 0.15) is 13.8 Å². The van der Waals surface area contributed by atoms with Crippen molar-refractivity contribution < 1.29 is 4.79 Å². The number of hydrogen-bond donors (Lipinski definition) is 3. The summed E-state index contributed by atoms with van der Waals surface area (Å²) in [7, 11) is 0. The Morgan fingerprint density at radius 1 is 1.60 bits per heavy atom. The summed E-state index contributed by atoms with van der Waals surface area (Å²) in [5, 5.41) is 6.63. The van der Waals surface area contributed by atoms with Crippen LogP contribution in [0.5, 0.6) is 0 Å². The van der Waals surface area contributed by atoms with E-state index in [9.17, 15) is 4.79 Å². The van der Waals surface area contributed by atoms with E-state index in [0.29, 0.717) is 18.5 Å². The van der Waals surface area contributed by atoms with Crippen molar-refractivity contribution in [2.45, 2.75) is 13.8 Å². The highest BCUT2D eigenvalue weighted by molar-refractivity contribution is 8.13. The Labute approximate surface area is 94.3 Å². The van der Waals surface area contributed by atoms with Gasteiger partial charge in [0.05, 0.1) is 0 Å². The number of rotatable bonds is 3. The predicted octanol–water partition coefficient (Wildman–Crippen LogP) is 0.373. The van der Waals surface area contributed by atoms with Gasteiger partial charge in [-0.15, -0.1) is 0 Å². The van der Waals surface area contributed by atoms with E-state index in [0.717, 1.165) is 17.5 Å². The lowest BCUT2D eigenvalue weighted by molar-refractivity contribution is 0.249. The molecule has 0 radical (unpaired) electrons. The van der Waals surface area contributed by atoms with E-state index in [1.54, 1.807) is 11.8 Å². The number of nitrogens with zero attached hydrogens (tertiary/aromatic N) is 1. The number of amidine groups is 1. The maximum atomic E-state index is 10.4. The van der Waals surface area contributed by atoms with Crippen LogP contribution in [0.15, 0.2) is 4.99 Å². The Bertz CT molecular complexity index is 265. The van der Waals surface area contributed by atoms with Gasteiger partial charge in [0.2, 0.25) is 0 Å². The van der Waals surface area contributed by atoms with Crippen LogP contribution in [0.4, 0.5) is 4.79 Å². The molecule has 0 aromatic rings. The van der Waals surface area contributed by atoms with E-state index in [4.69, 9.17) is 5.73 Å². The lowest BCUT2D eigenvalue weighted by atomic mass is 9.97. The molecule has 0 atom stereocenters. The van der Waals surface area contributed by atoms with Gasteiger partial charge in [-0.1, -0.05) is 25.6 Å². The summed E-state index contributed by atoms with van der Waals surface area (Å²) in [6.45, 7) is 6.45. The molecule has 0 fully saturated rings. The highest BCUT2D eigenvalue weighted by Crippen LogP contribution is 2.26. The van der Waals surface area contributed by atoms with Gasteiger partial charge in [0, 0.05) is 25.4 Å². The summed E-state index contributed by atoms with van der Waals surface area (Å²) in [4.78, 5) is 14.8. The van der Waals surface area contributed by atoms with Crippen LogP contribution in [-0.2, 0) is 0 Å². The molecule has 0 unspecified atom stereocenters. The van der Waals surface area contributed by atoms with Gasteiger partial charge >= 0.3 is 6.03 Å². The van der Waals surface area contributed by atoms with E-state index in [-0.39, 0.29) is 0 Å². The Kier molecular flexibility index (Phi) is 4.26. The van der Waals surface area contributed by atoms with Gasteiger partial charge in [-0.25, -0.2) is 4.79 Å². The van der Waals surface area contributed by atoms with E-state index in [2.05, 4.69) is 29.5 Å². The summed E-state index contributed by atoms with van der Waals surface area (Å²) >= 11 is 1.72. The zero-order chi connectivity index (χ0) is 11.3. The van der Waals surface area contributed by atoms with E-state index >= 15 is 0 Å². The van der Waals surface area contributed by atoms with Crippen molar-refractivity contribution in [3.63, 3.8) is 0 Å². The summed E-state index contributed by atoms with van der Waals surface area (Å²) < 4.78 is 0.